The molecule has 1 heterocycles. The molecule has 1 aliphatic heterocycles. The molecule has 1 atom stereocenters. The average molecular weight is 562 g/mol. The van der Waals surface area contributed by atoms with Gasteiger partial charge in [0.25, 0.3) is 0 Å². The first-order chi connectivity index (χ1) is 14.8. The van der Waals surface area contributed by atoms with E-state index in [2.05, 4.69) is 25.8 Å². The van der Waals surface area contributed by atoms with Crippen molar-refractivity contribution in [2.45, 2.75) is 51.3 Å². The SMILES string of the molecule is CN=C(NCC(NC(=O)OC(C)(C)C)c1ccccc1)NC1CCN(CCOC)CC1.I. The number of benzene rings is 1. The number of methoxy groups -OCH3 is 1. The van der Waals surface area contributed by atoms with Gasteiger partial charge in [-0.05, 0) is 39.2 Å². The number of hydrogen-bond donors (Lipinski definition) is 3. The van der Waals surface area contributed by atoms with Crippen molar-refractivity contribution in [2.75, 3.05) is 46.9 Å². The van der Waals surface area contributed by atoms with Crippen LogP contribution in [0.4, 0.5) is 4.79 Å². The summed E-state index contributed by atoms with van der Waals surface area (Å²) < 4.78 is 10.6. The Morgan fingerprint density at radius 2 is 1.88 bits per heavy atom. The van der Waals surface area contributed by atoms with Crippen LogP contribution in [-0.4, -0.2) is 75.5 Å². The first kappa shape index (κ1) is 28.4. The molecule has 8 nitrogen and oxygen atoms in total. The summed E-state index contributed by atoms with van der Waals surface area (Å²) in [5, 5.41) is 9.86. The van der Waals surface area contributed by atoms with E-state index >= 15 is 0 Å². The molecule has 0 bridgehead atoms. The minimum Gasteiger partial charge on any atom is -0.444 e. The molecule has 32 heavy (non-hydrogen) atoms. The molecule has 2 rings (SSSR count). The van der Waals surface area contributed by atoms with Crippen LogP contribution in [0.1, 0.15) is 45.2 Å². The number of carbonyl (C=O) groups is 1. The van der Waals surface area contributed by atoms with Crippen LogP contribution in [-0.2, 0) is 9.47 Å². The van der Waals surface area contributed by atoms with Crippen molar-refractivity contribution in [3.63, 3.8) is 0 Å². The van der Waals surface area contributed by atoms with Crippen LogP contribution in [0.3, 0.4) is 0 Å². The molecule has 0 saturated carbocycles. The summed E-state index contributed by atoms with van der Waals surface area (Å²) in [5.74, 6) is 0.738. The van der Waals surface area contributed by atoms with Crippen molar-refractivity contribution >= 4 is 36.0 Å². The number of piperidine rings is 1. The fourth-order valence-electron chi connectivity index (χ4n) is 3.50. The molecule has 1 aliphatic rings. The summed E-state index contributed by atoms with van der Waals surface area (Å²) in [6, 6.07) is 10.0. The zero-order valence-corrected chi connectivity index (χ0v) is 22.3. The number of likely N-dealkylation sites (tertiary alicyclic amines) is 1. The molecule has 1 fully saturated rings. The van der Waals surface area contributed by atoms with Crippen molar-refractivity contribution in [2.24, 2.45) is 4.99 Å². The van der Waals surface area contributed by atoms with Crippen molar-refractivity contribution in [1.29, 1.82) is 0 Å². The highest BCUT2D eigenvalue weighted by molar-refractivity contribution is 14.0. The van der Waals surface area contributed by atoms with Gasteiger partial charge in [0.15, 0.2) is 5.96 Å². The van der Waals surface area contributed by atoms with Crippen LogP contribution in [0.15, 0.2) is 35.3 Å². The smallest absolute Gasteiger partial charge is 0.408 e. The lowest BCUT2D eigenvalue weighted by Gasteiger charge is -2.33. The highest BCUT2D eigenvalue weighted by Crippen LogP contribution is 2.14. The second kappa shape index (κ2) is 14.5. The Hall–Kier alpha value is -1.59. The molecular formula is C23H40IN5O3. The van der Waals surface area contributed by atoms with Gasteiger partial charge < -0.3 is 30.3 Å². The van der Waals surface area contributed by atoms with Gasteiger partial charge in [0.1, 0.15) is 5.60 Å². The second-order valence-corrected chi connectivity index (χ2v) is 8.82. The van der Waals surface area contributed by atoms with Crippen LogP contribution >= 0.6 is 24.0 Å². The lowest BCUT2D eigenvalue weighted by molar-refractivity contribution is 0.0504. The Morgan fingerprint density at radius 1 is 1.22 bits per heavy atom. The molecule has 182 valence electrons. The largest absolute Gasteiger partial charge is 0.444 e. The number of amides is 1. The fraction of sp³-hybridized carbons (Fsp3) is 0.652. The third kappa shape index (κ3) is 10.8. The van der Waals surface area contributed by atoms with Gasteiger partial charge in [-0.1, -0.05) is 30.3 Å². The molecule has 3 N–H and O–H groups in total. The van der Waals surface area contributed by atoms with Crippen LogP contribution in [0.25, 0.3) is 0 Å². The van der Waals surface area contributed by atoms with E-state index in [1.807, 2.05) is 51.1 Å². The third-order valence-corrected chi connectivity index (χ3v) is 5.13. The summed E-state index contributed by atoms with van der Waals surface area (Å²) in [6.07, 6.45) is 1.68. The normalized spacial score (nSPS) is 16.6. The molecule has 1 saturated heterocycles. The van der Waals surface area contributed by atoms with E-state index in [0.29, 0.717) is 12.6 Å². The van der Waals surface area contributed by atoms with Gasteiger partial charge in [-0.25, -0.2) is 4.79 Å². The molecule has 0 spiro atoms. The van der Waals surface area contributed by atoms with Gasteiger partial charge in [-0.15, -0.1) is 24.0 Å². The number of halogens is 1. The number of nitrogens with zero attached hydrogens (tertiary/aromatic N) is 2. The van der Waals surface area contributed by atoms with E-state index in [1.165, 1.54) is 0 Å². The number of carbonyl (C=O) groups excluding carboxylic acids is 1. The summed E-state index contributed by atoms with van der Waals surface area (Å²) >= 11 is 0. The topological polar surface area (TPSA) is 87.2 Å². The van der Waals surface area contributed by atoms with Crippen molar-refractivity contribution in [1.82, 2.24) is 20.9 Å². The monoisotopic (exact) mass is 561 g/mol. The van der Waals surface area contributed by atoms with E-state index < -0.39 is 11.7 Å². The summed E-state index contributed by atoms with van der Waals surface area (Å²) in [5.41, 5.74) is 0.455. The van der Waals surface area contributed by atoms with E-state index in [4.69, 9.17) is 9.47 Å². The van der Waals surface area contributed by atoms with Gasteiger partial charge in [-0.3, -0.25) is 4.99 Å². The molecular weight excluding hydrogens is 521 g/mol. The highest BCUT2D eigenvalue weighted by atomic mass is 127. The standard InChI is InChI=1S/C23H39N5O3.HI/c1-23(2,3)31-22(29)27-20(18-9-7-6-8-10-18)17-25-21(24-4)26-19-11-13-28(14-12-19)15-16-30-5;/h6-10,19-20H,11-17H2,1-5H3,(H,27,29)(H2,24,25,26);1H. The van der Waals surface area contributed by atoms with Crippen LogP contribution in [0.2, 0.25) is 0 Å². The van der Waals surface area contributed by atoms with Crippen LogP contribution in [0.5, 0.6) is 0 Å². The summed E-state index contributed by atoms with van der Waals surface area (Å²) in [7, 11) is 3.51. The number of nitrogens with one attached hydrogen (secondary N) is 3. The first-order valence-corrected chi connectivity index (χ1v) is 11.0. The minimum absolute atomic E-state index is 0. The molecule has 9 heteroatoms. The average Bonchev–Trinajstić information content (AvgIpc) is 2.74. The predicted molar refractivity (Wildman–Crippen MR) is 140 cm³/mol. The summed E-state index contributed by atoms with van der Waals surface area (Å²) in [6.45, 7) is 9.90. The second-order valence-electron chi connectivity index (χ2n) is 8.82. The van der Waals surface area contributed by atoms with Gasteiger partial charge in [0.05, 0.1) is 12.6 Å². The van der Waals surface area contributed by atoms with Gasteiger partial charge in [-0.2, -0.15) is 0 Å². The van der Waals surface area contributed by atoms with Gasteiger partial charge in [0.2, 0.25) is 0 Å². The Balaban J connectivity index is 0.00000512. The number of guanidine groups is 1. The van der Waals surface area contributed by atoms with Crippen LogP contribution in [0, 0.1) is 0 Å². The molecule has 1 aromatic carbocycles. The maximum atomic E-state index is 12.4. The van der Waals surface area contributed by atoms with E-state index in [-0.39, 0.29) is 30.0 Å². The number of alkyl carbamates (subject to hydrolysis) is 1. The maximum absolute atomic E-state index is 12.4. The minimum atomic E-state index is -0.547. The first-order valence-electron chi connectivity index (χ1n) is 11.0. The zero-order chi connectivity index (χ0) is 22.7. The number of aliphatic imine (C=N–C) groups is 1. The molecule has 1 unspecified atom stereocenters. The summed E-state index contributed by atoms with van der Waals surface area (Å²) in [4.78, 5) is 19.2. The third-order valence-electron chi connectivity index (χ3n) is 5.13. The Kier molecular flexibility index (Phi) is 12.9. The van der Waals surface area contributed by atoms with Gasteiger partial charge >= 0.3 is 6.09 Å². The predicted octanol–water partition coefficient (Wildman–Crippen LogP) is 3.15. The van der Waals surface area contributed by atoms with E-state index in [9.17, 15) is 4.79 Å². The lowest BCUT2D eigenvalue weighted by atomic mass is 10.1. The zero-order valence-electron chi connectivity index (χ0n) is 20.0. The van der Waals surface area contributed by atoms with Crippen LogP contribution < -0.4 is 16.0 Å². The number of hydrogen-bond acceptors (Lipinski definition) is 5. The maximum Gasteiger partial charge on any atom is 0.408 e. The molecule has 0 aromatic heterocycles. The Labute approximate surface area is 209 Å². The lowest BCUT2D eigenvalue weighted by Crippen LogP contribution is -2.50. The molecule has 1 aromatic rings. The molecule has 1 amide bonds. The number of rotatable bonds is 8. The molecule has 0 aliphatic carbocycles. The van der Waals surface area contributed by atoms with E-state index in [1.54, 1.807) is 14.2 Å². The van der Waals surface area contributed by atoms with E-state index in [0.717, 1.165) is 50.6 Å². The van der Waals surface area contributed by atoms with Crippen molar-refractivity contribution in [3.05, 3.63) is 35.9 Å². The number of ether oxygens (including phenoxy) is 2. The fourth-order valence-corrected chi connectivity index (χ4v) is 3.50. The highest BCUT2D eigenvalue weighted by Gasteiger charge is 2.22. The van der Waals surface area contributed by atoms with Crippen molar-refractivity contribution in [3.8, 4) is 0 Å². The van der Waals surface area contributed by atoms with Crippen molar-refractivity contribution < 1.29 is 14.3 Å². The molecule has 0 radical (unpaired) electrons. The van der Waals surface area contributed by atoms with Gasteiger partial charge in [0, 0.05) is 46.4 Å². The Morgan fingerprint density at radius 3 is 2.44 bits per heavy atom. The Bertz CT molecular complexity index is 689. The quantitative estimate of drug-likeness (QED) is 0.257.